The minimum absolute atomic E-state index is 0.0225. The van der Waals surface area contributed by atoms with Crippen LogP contribution in [0, 0.1) is 0 Å². The number of benzene rings is 5. The van der Waals surface area contributed by atoms with Crippen LogP contribution >= 0.6 is 0 Å². The number of hydrogen-bond acceptors (Lipinski definition) is 5. The second kappa shape index (κ2) is 14.6. The van der Waals surface area contributed by atoms with Gasteiger partial charge in [-0.15, -0.1) is 0 Å². The normalized spacial score (nSPS) is 18.4. The van der Waals surface area contributed by atoms with E-state index in [0.717, 1.165) is 59.4 Å². The zero-order valence-electron chi connectivity index (χ0n) is 25.0. The van der Waals surface area contributed by atoms with Gasteiger partial charge in [0.25, 0.3) is 0 Å². The van der Waals surface area contributed by atoms with Crippen molar-refractivity contribution >= 4 is 0 Å². The van der Waals surface area contributed by atoms with E-state index in [1.165, 1.54) is 11.1 Å². The van der Waals surface area contributed by atoms with Crippen molar-refractivity contribution < 1.29 is 14.6 Å². The van der Waals surface area contributed by atoms with Crippen molar-refractivity contribution in [2.75, 3.05) is 6.54 Å². The van der Waals surface area contributed by atoms with E-state index < -0.39 is 6.29 Å². The van der Waals surface area contributed by atoms with E-state index in [-0.39, 0.29) is 18.8 Å². The van der Waals surface area contributed by atoms with Gasteiger partial charge >= 0.3 is 0 Å². The molecule has 0 radical (unpaired) electrons. The first-order valence-electron chi connectivity index (χ1n) is 15.4. The largest absolute Gasteiger partial charge is 0.392 e. The van der Waals surface area contributed by atoms with Crippen LogP contribution in [0.3, 0.4) is 0 Å². The molecule has 0 aliphatic carbocycles. The molecule has 3 N–H and O–H groups in total. The Labute approximate surface area is 260 Å². The third-order valence-electron chi connectivity index (χ3n) is 8.25. The number of hydrogen-bond donors (Lipinski definition) is 2. The summed E-state index contributed by atoms with van der Waals surface area (Å²) in [6.07, 6.45) is 0.0438. The van der Waals surface area contributed by atoms with Gasteiger partial charge < -0.3 is 20.3 Å². The predicted octanol–water partition coefficient (Wildman–Crippen LogP) is 7.55. The van der Waals surface area contributed by atoms with Crippen LogP contribution in [0.15, 0.2) is 133 Å². The number of nitrogens with zero attached hydrogens (tertiary/aromatic N) is 1. The van der Waals surface area contributed by atoms with Gasteiger partial charge in [0.1, 0.15) is 0 Å². The summed E-state index contributed by atoms with van der Waals surface area (Å²) in [4.78, 5) is 2.47. The smallest absolute Gasteiger partial charge is 0.184 e. The van der Waals surface area contributed by atoms with Gasteiger partial charge in [0.05, 0.1) is 18.8 Å². The Kier molecular flexibility index (Phi) is 9.93. The molecule has 1 aliphatic heterocycles. The van der Waals surface area contributed by atoms with Crippen molar-refractivity contribution in [1.82, 2.24) is 4.90 Å². The highest BCUT2D eigenvalue weighted by atomic mass is 16.7. The summed E-state index contributed by atoms with van der Waals surface area (Å²) in [6, 6.07) is 46.1. The van der Waals surface area contributed by atoms with E-state index in [9.17, 15) is 5.11 Å². The number of rotatable bonds is 11. The van der Waals surface area contributed by atoms with Gasteiger partial charge in [0.2, 0.25) is 0 Å². The standard InChI is InChI=1S/C39H40N2O3/c40-24-32-12-7-13-36(22-32)33-18-20-35(21-19-33)39-43-37(23-38(44-39)34-16-14-31(28-42)15-17-34)27-41(25-29-8-3-1-4-9-29)26-30-10-5-2-6-11-30/h1-22,37-39,42H,23-28,40H2/t37-,38+,39+/m1/s1. The fraction of sp³-hybridized carbons (Fsp3) is 0.231. The number of aliphatic hydroxyl groups is 1. The maximum atomic E-state index is 9.58. The molecule has 0 bridgehead atoms. The summed E-state index contributed by atoms with van der Waals surface area (Å²) in [7, 11) is 0. The van der Waals surface area contributed by atoms with Crippen molar-refractivity contribution in [3.63, 3.8) is 0 Å². The van der Waals surface area contributed by atoms with Crippen molar-refractivity contribution in [3.8, 4) is 11.1 Å². The lowest BCUT2D eigenvalue weighted by Gasteiger charge is -2.38. The summed E-state index contributed by atoms with van der Waals surface area (Å²) in [5.74, 6) is 0. The number of nitrogens with two attached hydrogens (primary N) is 1. The van der Waals surface area contributed by atoms with Gasteiger partial charge in [-0.3, -0.25) is 4.90 Å². The monoisotopic (exact) mass is 584 g/mol. The maximum Gasteiger partial charge on any atom is 0.184 e. The highest BCUT2D eigenvalue weighted by Gasteiger charge is 2.33. The molecule has 0 saturated carbocycles. The Morgan fingerprint density at radius 1 is 0.614 bits per heavy atom. The van der Waals surface area contributed by atoms with Crippen LogP contribution in [0.5, 0.6) is 0 Å². The molecule has 0 unspecified atom stereocenters. The molecule has 44 heavy (non-hydrogen) atoms. The van der Waals surface area contributed by atoms with Crippen LogP contribution in [0.1, 0.15) is 52.2 Å². The van der Waals surface area contributed by atoms with Crippen molar-refractivity contribution in [2.45, 2.75) is 51.2 Å². The number of aliphatic hydroxyl groups excluding tert-OH is 1. The quantitative estimate of drug-likeness (QED) is 0.168. The highest BCUT2D eigenvalue weighted by molar-refractivity contribution is 5.64. The molecule has 0 amide bonds. The van der Waals surface area contributed by atoms with Gasteiger partial charge in [-0.25, -0.2) is 0 Å². The number of ether oxygens (including phenoxy) is 2. The zero-order valence-corrected chi connectivity index (χ0v) is 25.0. The van der Waals surface area contributed by atoms with Crippen LogP contribution in [0.25, 0.3) is 11.1 Å². The maximum absolute atomic E-state index is 9.58. The van der Waals surface area contributed by atoms with Gasteiger partial charge in [-0.05, 0) is 45.0 Å². The Morgan fingerprint density at radius 2 is 1.23 bits per heavy atom. The van der Waals surface area contributed by atoms with E-state index in [2.05, 4.69) is 114 Å². The molecule has 5 nitrogen and oxygen atoms in total. The molecule has 5 heteroatoms. The van der Waals surface area contributed by atoms with E-state index in [1.807, 2.05) is 24.3 Å². The van der Waals surface area contributed by atoms with Crippen LogP contribution in [0.2, 0.25) is 0 Å². The van der Waals surface area contributed by atoms with Gasteiger partial charge in [0, 0.05) is 38.2 Å². The average Bonchev–Trinajstić information content (AvgIpc) is 3.09. The third kappa shape index (κ3) is 7.69. The Balaban J connectivity index is 1.26. The first-order valence-corrected chi connectivity index (χ1v) is 15.4. The second-order valence-corrected chi connectivity index (χ2v) is 11.5. The minimum atomic E-state index is -0.504. The molecule has 3 atom stereocenters. The van der Waals surface area contributed by atoms with Crippen molar-refractivity contribution in [3.05, 3.63) is 167 Å². The van der Waals surface area contributed by atoms with Gasteiger partial charge in [-0.2, -0.15) is 0 Å². The molecule has 5 aromatic rings. The van der Waals surface area contributed by atoms with E-state index in [0.29, 0.717) is 6.54 Å². The summed E-state index contributed by atoms with van der Waals surface area (Å²) in [5.41, 5.74) is 14.8. The summed E-state index contributed by atoms with van der Waals surface area (Å²) in [6.45, 7) is 2.96. The van der Waals surface area contributed by atoms with Crippen molar-refractivity contribution in [1.29, 1.82) is 0 Å². The lowest BCUT2D eigenvalue weighted by atomic mass is 9.98. The van der Waals surface area contributed by atoms with Crippen LogP contribution in [-0.2, 0) is 35.7 Å². The highest BCUT2D eigenvalue weighted by Crippen LogP contribution is 2.39. The topological polar surface area (TPSA) is 68.0 Å². The van der Waals surface area contributed by atoms with E-state index in [4.69, 9.17) is 15.2 Å². The van der Waals surface area contributed by atoms with Crippen LogP contribution in [-0.4, -0.2) is 22.7 Å². The fourth-order valence-corrected chi connectivity index (χ4v) is 5.90. The first-order chi connectivity index (χ1) is 21.7. The minimum Gasteiger partial charge on any atom is -0.392 e. The van der Waals surface area contributed by atoms with Gasteiger partial charge in [0.15, 0.2) is 6.29 Å². The molecular weight excluding hydrogens is 544 g/mol. The van der Waals surface area contributed by atoms with Crippen molar-refractivity contribution in [2.24, 2.45) is 5.73 Å². The van der Waals surface area contributed by atoms with E-state index >= 15 is 0 Å². The Bertz CT molecular complexity index is 1550. The Hall–Kier alpha value is -4.10. The molecule has 5 aromatic carbocycles. The molecule has 224 valence electrons. The molecule has 1 fully saturated rings. The Morgan fingerprint density at radius 3 is 1.84 bits per heavy atom. The zero-order chi connectivity index (χ0) is 30.1. The first kappa shape index (κ1) is 29.9. The van der Waals surface area contributed by atoms with Crippen LogP contribution < -0.4 is 5.73 Å². The summed E-state index contributed by atoms with van der Waals surface area (Å²) in [5, 5.41) is 9.58. The lowest BCUT2D eigenvalue weighted by Crippen LogP contribution is -2.39. The molecule has 1 saturated heterocycles. The summed E-state index contributed by atoms with van der Waals surface area (Å²) >= 11 is 0. The molecular formula is C39H40N2O3. The molecule has 6 rings (SSSR count). The summed E-state index contributed by atoms with van der Waals surface area (Å²) < 4.78 is 13.4. The molecule has 0 spiro atoms. The van der Waals surface area contributed by atoms with Gasteiger partial charge in [-0.1, -0.05) is 127 Å². The van der Waals surface area contributed by atoms with E-state index in [1.54, 1.807) is 0 Å². The molecule has 0 aromatic heterocycles. The fourth-order valence-electron chi connectivity index (χ4n) is 5.90. The molecule has 1 heterocycles. The van der Waals surface area contributed by atoms with Crippen LogP contribution in [0.4, 0.5) is 0 Å². The lowest BCUT2D eigenvalue weighted by molar-refractivity contribution is -0.253. The third-order valence-corrected chi connectivity index (χ3v) is 8.25. The molecule has 1 aliphatic rings. The predicted molar refractivity (Wildman–Crippen MR) is 175 cm³/mol. The SMILES string of the molecule is NCc1cccc(-c2ccc([C@H]3O[C@@H](CN(Cc4ccccc4)Cc4ccccc4)C[C@@H](c4ccc(CO)cc4)O3)cc2)c1. The second-order valence-electron chi connectivity index (χ2n) is 11.5. The average molecular weight is 585 g/mol.